The van der Waals surface area contributed by atoms with E-state index in [9.17, 15) is 9.90 Å². The van der Waals surface area contributed by atoms with Crippen molar-refractivity contribution in [3.63, 3.8) is 0 Å². The van der Waals surface area contributed by atoms with Crippen molar-refractivity contribution in [2.75, 3.05) is 6.54 Å². The van der Waals surface area contributed by atoms with E-state index >= 15 is 0 Å². The van der Waals surface area contributed by atoms with Gasteiger partial charge < -0.3 is 15.2 Å². The predicted molar refractivity (Wildman–Crippen MR) is 85.1 cm³/mol. The van der Waals surface area contributed by atoms with Crippen LogP contribution in [-0.4, -0.2) is 34.9 Å². The molecule has 0 saturated heterocycles. The Hall–Kier alpha value is -0.610. The van der Waals surface area contributed by atoms with E-state index < -0.39 is 16.6 Å². The summed E-state index contributed by atoms with van der Waals surface area (Å²) in [7, 11) is 0. The molecule has 0 spiro atoms. The Kier molecular flexibility index (Phi) is 5.84. The summed E-state index contributed by atoms with van der Waals surface area (Å²) in [6.45, 7) is 12.3. The van der Waals surface area contributed by atoms with E-state index in [1.807, 2.05) is 41.5 Å². The van der Waals surface area contributed by atoms with E-state index in [1.165, 1.54) is 0 Å². The summed E-state index contributed by atoms with van der Waals surface area (Å²) in [5, 5.41) is 13.4. The van der Waals surface area contributed by atoms with Crippen LogP contribution in [-0.2, 0) is 9.53 Å². The van der Waals surface area contributed by atoms with Gasteiger partial charge in [0.1, 0.15) is 5.60 Å². The maximum atomic E-state index is 12.3. The summed E-state index contributed by atoms with van der Waals surface area (Å²) in [5.74, 6) is -0.173. The number of carbonyl (C=O) groups is 1. The summed E-state index contributed by atoms with van der Waals surface area (Å²) >= 11 is 0. The van der Waals surface area contributed by atoms with Gasteiger partial charge in [-0.1, -0.05) is 0 Å². The van der Waals surface area contributed by atoms with Crippen molar-refractivity contribution < 1.29 is 14.6 Å². The minimum Gasteiger partial charge on any atom is -0.460 e. The molecule has 0 bridgehead atoms. The van der Waals surface area contributed by atoms with Gasteiger partial charge in [-0.2, -0.15) is 0 Å². The zero-order valence-corrected chi connectivity index (χ0v) is 14.6. The van der Waals surface area contributed by atoms with Crippen LogP contribution < -0.4 is 5.32 Å². The second kappa shape index (κ2) is 6.66. The molecular formula is C17H33NO3. The zero-order chi connectivity index (χ0) is 16.3. The minimum atomic E-state index is -0.569. The van der Waals surface area contributed by atoms with Crippen molar-refractivity contribution in [3.05, 3.63) is 0 Å². The van der Waals surface area contributed by atoms with Gasteiger partial charge in [-0.25, -0.2) is 0 Å². The van der Waals surface area contributed by atoms with Crippen LogP contribution in [0, 0.1) is 5.41 Å². The van der Waals surface area contributed by atoms with Gasteiger partial charge in [0.05, 0.1) is 11.0 Å². The first-order valence-corrected chi connectivity index (χ1v) is 8.15. The molecule has 1 rings (SSSR count). The van der Waals surface area contributed by atoms with Crippen LogP contribution in [0.15, 0.2) is 0 Å². The highest BCUT2D eigenvalue weighted by Gasteiger charge is 2.38. The largest absolute Gasteiger partial charge is 0.460 e. The molecule has 2 N–H and O–H groups in total. The SMILES string of the molecule is CC(NCCCC1(O)CCC1)C(C)(C)C(=O)OC(C)(C)C. The fourth-order valence-corrected chi connectivity index (χ4v) is 2.41. The Morgan fingerprint density at radius 3 is 2.29 bits per heavy atom. The Labute approximate surface area is 129 Å². The molecule has 1 fully saturated rings. The molecule has 0 aromatic carbocycles. The molecule has 1 saturated carbocycles. The quantitative estimate of drug-likeness (QED) is 0.560. The number of carbonyl (C=O) groups excluding carboxylic acids is 1. The average molecular weight is 299 g/mol. The Bertz CT molecular complexity index is 354. The molecule has 1 aliphatic carbocycles. The maximum absolute atomic E-state index is 12.3. The first-order valence-electron chi connectivity index (χ1n) is 8.15. The molecule has 21 heavy (non-hydrogen) atoms. The fourth-order valence-electron chi connectivity index (χ4n) is 2.41. The van der Waals surface area contributed by atoms with E-state index in [1.54, 1.807) is 0 Å². The lowest BCUT2D eigenvalue weighted by Gasteiger charge is -2.37. The zero-order valence-electron chi connectivity index (χ0n) is 14.6. The lowest BCUT2D eigenvalue weighted by atomic mass is 9.77. The van der Waals surface area contributed by atoms with Crippen molar-refractivity contribution in [1.82, 2.24) is 5.32 Å². The summed E-state index contributed by atoms with van der Waals surface area (Å²) < 4.78 is 5.49. The second-order valence-corrected chi connectivity index (χ2v) is 8.08. The van der Waals surface area contributed by atoms with Gasteiger partial charge in [0.2, 0.25) is 0 Å². The summed E-state index contributed by atoms with van der Waals surface area (Å²) in [5.41, 5.74) is -1.44. The third kappa shape index (κ3) is 5.59. The lowest BCUT2D eigenvalue weighted by Crippen LogP contribution is -2.47. The van der Waals surface area contributed by atoms with E-state index in [0.717, 1.165) is 38.6 Å². The standard InChI is InChI=1S/C17H33NO3/c1-13(16(5,6)14(19)21-15(2,3)4)18-12-8-11-17(20)9-7-10-17/h13,18,20H,7-12H2,1-6H3. The van der Waals surface area contributed by atoms with Crippen LogP contribution in [0.5, 0.6) is 0 Å². The fraction of sp³-hybridized carbons (Fsp3) is 0.941. The number of hydrogen-bond acceptors (Lipinski definition) is 4. The molecule has 124 valence electrons. The van der Waals surface area contributed by atoms with Crippen molar-refractivity contribution in [1.29, 1.82) is 0 Å². The third-order valence-electron chi connectivity index (χ3n) is 4.56. The lowest BCUT2D eigenvalue weighted by molar-refractivity contribution is -0.167. The van der Waals surface area contributed by atoms with Crippen LogP contribution in [0.4, 0.5) is 0 Å². The highest BCUT2D eigenvalue weighted by Crippen LogP contribution is 2.35. The van der Waals surface area contributed by atoms with Gasteiger partial charge in [0.15, 0.2) is 0 Å². The number of nitrogens with one attached hydrogen (secondary N) is 1. The van der Waals surface area contributed by atoms with Gasteiger partial charge in [-0.3, -0.25) is 4.79 Å². The van der Waals surface area contributed by atoms with Gasteiger partial charge in [-0.05, 0) is 80.2 Å². The molecule has 0 aromatic rings. The Balaban J connectivity index is 2.34. The van der Waals surface area contributed by atoms with Gasteiger partial charge in [0, 0.05) is 6.04 Å². The summed E-state index contributed by atoms with van der Waals surface area (Å²) in [6.07, 6.45) is 4.80. The van der Waals surface area contributed by atoms with E-state index in [2.05, 4.69) is 5.32 Å². The van der Waals surface area contributed by atoms with E-state index in [0.29, 0.717) is 0 Å². The van der Waals surface area contributed by atoms with Crippen molar-refractivity contribution in [2.24, 2.45) is 5.41 Å². The Morgan fingerprint density at radius 1 is 1.29 bits per heavy atom. The van der Waals surface area contributed by atoms with E-state index in [4.69, 9.17) is 4.74 Å². The molecule has 4 nitrogen and oxygen atoms in total. The Morgan fingerprint density at radius 2 is 1.86 bits per heavy atom. The van der Waals surface area contributed by atoms with Crippen LogP contribution in [0.3, 0.4) is 0 Å². The third-order valence-corrected chi connectivity index (χ3v) is 4.56. The van der Waals surface area contributed by atoms with Gasteiger partial charge >= 0.3 is 5.97 Å². The van der Waals surface area contributed by atoms with Crippen molar-refractivity contribution in [2.45, 2.75) is 90.9 Å². The number of esters is 1. The molecule has 0 heterocycles. The average Bonchev–Trinajstić information content (AvgIpc) is 2.29. The first-order chi connectivity index (χ1) is 9.46. The van der Waals surface area contributed by atoms with E-state index in [-0.39, 0.29) is 12.0 Å². The van der Waals surface area contributed by atoms with Crippen LogP contribution in [0.1, 0.15) is 73.6 Å². The first kappa shape index (κ1) is 18.4. The highest BCUT2D eigenvalue weighted by molar-refractivity contribution is 5.77. The molecule has 0 aromatic heterocycles. The maximum Gasteiger partial charge on any atom is 0.313 e. The second-order valence-electron chi connectivity index (χ2n) is 8.08. The summed E-state index contributed by atoms with van der Waals surface area (Å²) in [6, 6.07) is 0.0309. The smallest absolute Gasteiger partial charge is 0.313 e. The van der Waals surface area contributed by atoms with Crippen LogP contribution >= 0.6 is 0 Å². The van der Waals surface area contributed by atoms with Crippen molar-refractivity contribution >= 4 is 5.97 Å². The highest BCUT2D eigenvalue weighted by atomic mass is 16.6. The molecule has 0 aliphatic heterocycles. The molecule has 1 atom stereocenters. The summed E-state index contributed by atoms with van der Waals surface area (Å²) in [4.78, 5) is 12.3. The predicted octanol–water partition coefficient (Wildman–Crippen LogP) is 3.03. The molecule has 1 unspecified atom stereocenters. The van der Waals surface area contributed by atoms with Crippen molar-refractivity contribution in [3.8, 4) is 0 Å². The monoisotopic (exact) mass is 299 g/mol. The minimum absolute atomic E-state index is 0.0309. The number of rotatable bonds is 7. The number of hydrogen-bond donors (Lipinski definition) is 2. The van der Waals surface area contributed by atoms with Crippen LogP contribution in [0.2, 0.25) is 0 Å². The molecule has 4 heteroatoms. The molecule has 0 amide bonds. The van der Waals surface area contributed by atoms with Crippen LogP contribution in [0.25, 0.3) is 0 Å². The number of aliphatic hydroxyl groups is 1. The number of ether oxygens (including phenoxy) is 1. The molecule has 1 aliphatic rings. The normalized spacial score (nSPS) is 19.8. The van der Waals surface area contributed by atoms with Gasteiger partial charge in [-0.15, -0.1) is 0 Å². The van der Waals surface area contributed by atoms with Gasteiger partial charge in [0.25, 0.3) is 0 Å². The molecular weight excluding hydrogens is 266 g/mol. The molecule has 0 radical (unpaired) electrons. The topological polar surface area (TPSA) is 58.6 Å².